The van der Waals surface area contributed by atoms with E-state index in [-0.39, 0.29) is 11.9 Å². The van der Waals surface area contributed by atoms with Crippen LogP contribution in [0.3, 0.4) is 0 Å². The Hall–Kier alpha value is -1.58. The van der Waals surface area contributed by atoms with Gasteiger partial charge in [0.2, 0.25) is 0 Å². The number of nitrogens with two attached hydrogens (primary N) is 1. The van der Waals surface area contributed by atoms with Gasteiger partial charge in [0.1, 0.15) is 5.82 Å². The maximum Gasteiger partial charge on any atom is 0.125 e. The first-order valence-corrected chi connectivity index (χ1v) is 6.99. The fourth-order valence-corrected chi connectivity index (χ4v) is 2.56. The lowest BCUT2D eigenvalue weighted by molar-refractivity contribution is 0.627. The molecule has 106 valence electrons. The van der Waals surface area contributed by atoms with Crippen LogP contribution in [0.4, 0.5) is 15.8 Å². The second kappa shape index (κ2) is 6.25. The first kappa shape index (κ1) is 14.8. The van der Waals surface area contributed by atoms with Crippen LogP contribution in [0.2, 0.25) is 5.02 Å². The summed E-state index contributed by atoms with van der Waals surface area (Å²) >= 11 is 6.26. The molecular weight excluding hydrogens is 275 g/mol. The van der Waals surface area contributed by atoms with E-state index in [0.29, 0.717) is 5.02 Å². The molecule has 1 unspecified atom stereocenters. The first-order chi connectivity index (χ1) is 9.52. The zero-order valence-corrected chi connectivity index (χ0v) is 12.4. The van der Waals surface area contributed by atoms with Gasteiger partial charge in [-0.3, -0.25) is 0 Å². The fourth-order valence-electron chi connectivity index (χ4n) is 2.21. The van der Waals surface area contributed by atoms with E-state index in [0.717, 1.165) is 23.5 Å². The lowest BCUT2D eigenvalue weighted by Crippen LogP contribution is -2.16. The molecule has 20 heavy (non-hydrogen) atoms. The Morgan fingerprint density at radius 2 is 1.90 bits per heavy atom. The van der Waals surface area contributed by atoms with Gasteiger partial charge in [-0.15, -0.1) is 0 Å². The summed E-state index contributed by atoms with van der Waals surface area (Å²) in [6.07, 6.45) is 0. The smallest absolute Gasteiger partial charge is 0.125 e. The van der Waals surface area contributed by atoms with Crippen LogP contribution in [0.25, 0.3) is 0 Å². The fraction of sp³-hybridized carbons (Fsp3) is 0.250. The van der Waals surface area contributed by atoms with Crippen molar-refractivity contribution in [1.82, 2.24) is 0 Å². The van der Waals surface area contributed by atoms with Crippen molar-refractivity contribution in [2.45, 2.75) is 19.9 Å². The van der Waals surface area contributed by atoms with Crippen LogP contribution in [0.5, 0.6) is 0 Å². The molecule has 0 heterocycles. The molecule has 0 aliphatic rings. The molecule has 0 saturated carbocycles. The Bertz CT molecular complexity index is 599. The van der Waals surface area contributed by atoms with Crippen LogP contribution in [0, 0.1) is 5.82 Å². The molecule has 0 aliphatic heterocycles. The number of nitrogens with zero attached hydrogens (tertiary/aromatic N) is 1. The van der Waals surface area contributed by atoms with E-state index in [1.165, 1.54) is 12.1 Å². The predicted octanol–water partition coefficient (Wildman–Crippen LogP) is 4.66. The molecule has 2 rings (SSSR count). The molecule has 2 N–H and O–H groups in total. The summed E-state index contributed by atoms with van der Waals surface area (Å²) in [5.41, 5.74) is 8.49. The topological polar surface area (TPSA) is 29.3 Å². The second-order valence-electron chi connectivity index (χ2n) is 4.72. The highest BCUT2D eigenvalue weighted by atomic mass is 35.5. The SMILES string of the molecule is CCN(c1cccc(F)c1)c1ccc(C(C)N)c(Cl)c1. The maximum absolute atomic E-state index is 13.4. The number of hydrogen-bond acceptors (Lipinski definition) is 2. The van der Waals surface area contributed by atoms with Crippen LogP contribution in [-0.4, -0.2) is 6.54 Å². The molecule has 0 fully saturated rings. The molecule has 0 bridgehead atoms. The number of hydrogen-bond donors (Lipinski definition) is 1. The summed E-state index contributed by atoms with van der Waals surface area (Å²) in [5.74, 6) is -0.251. The highest BCUT2D eigenvalue weighted by Crippen LogP contribution is 2.31. The quantitative estimate of drug-likeness (QED) is 0.888. The summed E-state index contributed by atoms with van der Waals surface area (Å²) in [6.45, 7) is 4.63. The third-order valence-electron chi connectivity index (χ3n) is 3.22. The molecule has 0 aliphatic carbocycles. The Kier molecular flexibility index (Phi) is 4.63. The third-order valence-corrected chi connectivity index (χ3v) is 3.55. The molecule has 2 nitrogen and oxygen atoms in total. The van der Waals surface area contributed by atoms with Crippen molar-refractivity contribution in [3.05, 3.63) is 58.9 Å². The number of benzene rings is 2. The van der Waals surface area contributed by atoms with Gasteiger partial charge >= 0.3 is 0 Å². The normalized spacial score (nSPS) is 12.2. The minimum atomic E-state index is -0.251. The van der Waals surface area contributed by atoms with Gasteiger partial charge < -0.3 is 10.6 Å². The molecule has 1 atom stereocenters. The zero-order valence-electron chi connectivity index (χ0n) is 11.6. The molecule has 0 amide bonds. The van der Waals surface area contributed by atoms with Crippen molar-refractivity contribution < 1.29 is 4.39 Å². The summed E-state index contributed by atoms with van der Waals surface area (Å²) in [6, 6.07) is 12.2. The predicted molar refractivity (Wildman–Crippen MR) is 83.1 cm³/mol. The monoisotopic (exact) mass is 292 g/mol. The van der Waals surface area contributed by atoms with Gasteiger partial charge in [0.15, 0.2) is 0 Å². The van der Waals surface area contributed by atoms with Gasteiger partial charge in [-0.2, -0.15) is 0 Å². The van der Waals surface area contributed by atoms with Crippen molar-refractivity contribution >= 4 is 23.0 Å². The molecule has 2 aromatic carbocycles. The van der Waals surface area contributed by atoms with Gasteiger partial charge in [-0.05, 0) is 49.7 Å². The molecule has 0 spiro atoms. The van der Waals surface area contributed by atoms with Crippen LogP contribution in [0.1, 0.15) is 25.5 Å². The van der Waals surface area contributed by atoms with Crippen molar-refractivity contribution in [1.29, 1.82) is 0 Å². The van der Waals surface area contributed by atoms with E-state index in [2.05, 4.69) is 0 Å². The number of anilines is 2. The second-order valence-corrected chi connectivity index (χ2v) is 5.13. The Morgan fingerprint density at radius 1 is 1.20 bits per heavy atom. The number of halogens is 2. The first-order valence-electron chi connectivity index (χ1n) is 6.61. The molecule has 4 heteroatoms. The van der Waals surface area contributed by atoms with Gasteiger partial charge in [0.05, 0.1) is 0 Å². The van der Waals surface area contributed by atoms with E-state index in [1.54, 1.807) is 6.07 Å². The van der Waals surface area contributed by atoms with E-state index < -0.39 is 0 Å². The zero-order chi connectivity index (χ0) is 14.7. The van der Waals surface area contributed by atoms with E-state index >= 15 is 0 Å². The van der Waals surface area contributed by atoms with Crippen molar-refractivity contribution in [2.24, 2.45) is 5.73 Å². The van der Waals surface area contributed by atoms with Crippen molar-refractivity contribution in [2.75, 3.05) is 11.4 Å². The molecule has 0 aromatic heterocycles. The van der Waals surface area contributed by atoms with E-state index in [9.17, 15) is 4.39 Å². The van der Waals surface area contributed by atoms with Gasteiger partial charge in [0.25, 0.3) is 0 Å². The Labute approximate surface area is 124 Å². The van der Waals surface area contributed by atoms with Gasteiger partial charge in [0, 0.05) is 29.0 Å². The summed E-state index contributed by atoms with van der Waals surface area (Å²) in [7, 11) is 0. The number of rotatable bonds is 4. The molecular formula is C16H18ClFN2. The minimum absolute atomic E-state index is 0.110. The van der Waals surface area contributed by atoms with Crippen LogP contribution >= 0.6 is 11.6 Å². The Balaban J connectivity index is 2.40. The molecule has 0 saturated heterocycles. The molecule has 2 aromatic rings. The van der Waals surface area contributed by atoms with E-state index in [1.807, 2.05) is 43.0 Å². The highest BCUT2D eigenvalue weighted by Gasteiger charge is 2.11. The van der Waals surface area contributed by atoms with Gasteiger partial charge in [-0.1, -0.05) is 23.7 Å². The largest absolute Gasteiger partial charge is 0.342 e. The summed E-state index contributed by atoms with van der Waals surface area (Å²) < 4.78 is 13.4. The standard InChI is InChI=1S/C16H18ClFN2/c1-3-20(13-6-4-5-12(18)9-13)14-7-8-15(11(2)19)16(17)10-14/h4-11H,3,19H2,1-2H3. The summed E-state index contributed by atoms with van der Waals surface area (Å²) in [5, 5.41) is 0.632. The minimum Gasteiger partial charge on any atom is -0.342 e. The van der Waals surface area contributed by atoms with Crippen molar-refractivity contribution in [3.8, 4) is 0 Å². The average Bonchev–Trinajstić information content (AvgIpc) is 2.39. The van der Waals surface area contributed by atoms with E-state index in [4.69, 9.17) is 17.3 Å². The lowest BCUT2D eigenvalue weighted by atomic mass is 10.1. The Morgan fingerprint density at radius 3 is 2.45 bits per heavy atom. The average molecular weight is 293 g/mol. The van der Waals surface area contributed by atoms with Crippen LogP contribution in [-0.2, 0) is 0 Å². The third kappa shape index (κ3) is 3.11. The maximum atomic E-state index is 13.4. The summed E-state index contributed by atoms with van der Waals surface area (Å²) in [4.78, 5) is 2.00. The van der Waals surface area contributed by atoms with Crippen LogP contribution < -0.4 is 10.6 Å². The molecule has 0 radical (unpaired) electrons. The highest BCUT2D eigenvalue weighted by molar-refractivity contribution is 6.31. The lowest BCUT2D eigenvalue weighted by Gasteiger charge is -2.24. The van der Waals surface area contributed by atoms with Crippen molar-refractivity contribution in [3.63, 3.8) is 0 Å². The van der Waals surface area contributed by atoms with Gasteiger partial charge in [-0.25, -0.2) is 4.39 Å². The van der Waals surface area contributed by atoms with Crippen LogP contribution in [0.15, 0.2) is 42.5 Å².